The van der Waals surface area contributed by atoms with Gasteiger partial charge in [-0.3, -0.25) is 9.59 Å². The molecular formula is C14H25O3+. The first-order valence-electron chi connectivity index (χ1n) is 6.15. The van der Waals surface area contributed by atoms with Crippen LogP contribution in [0.5, 0.6) is 0 Å². The summed E-state index contributed by atoms with van der Waals surface area (Å²) in [5.74, 6) is 0.0352. The predicted molar refractivity (Wildman–Crippen MR) is 68.4 cm³/mol. The fourth-order valence-corrected chi connectivity index (χ4v) is 1.96. The molecule has 0 radical (unpaired) electrons. The van der Waals surface area contributed by atoms with Crippen molar-refractivity contribution < 1.29 is 14.3 Å². The van der Waals surface area contributed by atoms with Gasteiger partial charge in [0, 0.05) is 5.41 Å². The number of ether oxygens (including phenoxy) is 1. The van der Waals surface area contributed by atoms with E-state index in [0.29, 0.717) is 13.0 Å². The maximum atomic E-state index is 11.6. The first kappa shape index (κ1) is 16.0. The first-order valence-corrected chi connectivity index (χ1v) is 6.15. The first-order chi connectivity index (χ1) is 7.67. The average molecular weight is 241 g/mol. The van der Waals surface area contributed by atoms with Crippen molar-refractivity contribution in [2.45, 2.75) is 54.4 Å². The van der Waals surface area contributed by atoms with Crippen LogP contribution < -0.4 is 0 Å². The number of rotatable bonds is 6. The summed E-state index contributed by atoms with van der Waals surface area (Å²) >= 11 is 0. The molecule has 0 bridgehead atoms. The fourth-order valence-electron chi connectivity index (χ4n) is 1.96. The normalized spacial score (nSPS) is 13.1. The Morgan fingerprint density at radius 3 is 2.18 bits per heavy atom. The summed E-state index contributed by atoms with van der Waals surface area (Å²) in [5.41, 5.74) is 0.181. The number of Topliss-reactive ketones (excluding diaryl/α,β-unsaturated/α-hetero) is 1. The SMILES string of the molecule is CCOC(=O)C(C[C+](C)CC(C)(C)C)C(C)=O. The van der Waals surface area contributed by atoms with Gasteiger partial charge in [-0.25, -0.2) is 0 Å². The number of carbonyl (C=O) groups excluding carboxylic acids is 2. The predicted octanol–water partition coefficient (Wildman–Crippen LogP) is 3.18. The van der Waals surface area contributed by atoms with Crippen LogP contribution in [0.15, 0.2) is 0 Å². The minimum atomic E-state index is -0.628. The van der Waals surface area contributed by atoms with Crippen molar-refractivity contribution in [2.75, 3.05) is 6.61 Å². The van der Waals surface area contributed by atoms with Crippen LogP contribution in [0.2, 0.25) is 0 Å². The lowest BCUT2D eigenvalue weighted by Gasteiger charge is -2.18. The summed E-state index contributed by atoms with van der Waals surface area (Å²) in [6.07, 6.45) is 1.42. The monoisotopic (exact) mass is 241 g/mol. The molecule has 0 aliphatic carbocycles. The zero-order chi connectivity index (χ0) is 13.6. The van der Waals surface area contributed by atoms with E-state index in [-0.39, 0.29) is 11.2 Å². The molecule has 0 aromatic carbocycles. The Bertz CT molecular complexity index is 263. The quantitative estimate of drug-likeness (QED) is 0.407. The largest absolute Gasteiger partial charge is 0.465 e. The van der Waals surface area contributed by atoms with Crippen molar-refractivity contribution in [3.05, 3.63) is 5.92 Å². The van der Waals surface area contributed by atoms with Gasteiger partial charge in [-0.15, -0.1) is 0 Å². The summed E-state index contributed by atoms with van der Waals surface area (Å²) < 4.78 is 4.92. The molecule has 1 atom stereocenters. The van der Waals surface area contributed by atoms with Gasteiger partial charge in [-0.1, -0.05) is 20.8 Å². The number of hydrogen-bond acceptors (Lipinski definition) is 3. The van der Waals surface area contributed by atoms with E-state index in [9.17, 15) is 9.59 Å². The van der Waals surface area contributed by atoms with Crippen molar-refractivity contribution in [3.63, 3.8) is 0 Å². The minimum Gasteiger partial charge on any atom is -0.465 e. The van der Waals surface area contributed by atoms with Crippen LogP contribution in [-0.4, -0.2) is 18.4 Å². The summed E-state index contributed by atoms with van der Waals surface area (Å²) in [5, 5.41) is 0. The van der Waals surface area contributed by atoms with Crippen LogP contribution in [0.3, 0.4) is 0 Å². The summed E-state index contributed by atoms with van der Waals surface area (Å²) in [6.45, 7) is 11.9. The van der Waals surface area contributed by atoms with Gasteiger partial charge in [0.2, 0.25) is 0 Å². The van der Waals surface area contributed by atoms with Gasteiger partial charge in [0.25, 0.3) is 0 Å². The van der Waals surface area contributed by atoms with Crippen LogP contribution in [0.25, 0.3) is 0 Å². The van der Waals surface area contributed by atoms with Gasteiger partial charge in [0.15, 0.2) is 5.92 Å². The molecular weight excluding hydrogens is 216 g/mol. The van der Waals surface area contributed by atoms with Gasteiger partial charge in [0.1, 0.15) is 12.2 Å². The molecule has 0 amide bonds. The van der Waals surface area contributed by atoms with E-state index in [1.54, 1.807) is 6.92 Å². The van der Waals surface area contributed by atoms with Gasteiger partial charge in [0.05, 0.1) is 25.9 Å². The van der Waals surface area contributed by atoms with Crippen molar-refractivity contribution in [2.24, 2.45) is 11.3 Å². The molecule has 3 heteroatoms. The summed E-state index contributed by atoms with van der Waals surface area (Å²) in [7, 11) is 0. The third kappa shape index (κ3) is 7.03. The van der Waals surface area contributed by atoms with Crippen LogP contribution in [0, 0.1) is 17.3 Å². The standard InChI is InChI=1S/C14H25O3/c1-7-17-13(16)12(11(3)15)8-10(2)9-14(4,5)6/h12H,7-9H2,1-6H3/q+1. The van der Waals surface area contributed by atoms with Gasteiger partial charge in [-0.2, -0.15) is 0 Å². The lowest BCUT2D eigenvalue weighted by atomic mass is 9.81. The van der Waals surface area contributed by atoms with Crippen LogP contribution in [-0.2, 0) is 14.3 Å². The molecule has 0 spiro atoms. The summed E-state index contributed by atoms with van der Waals surface area (Å²) in [6, 6.07) is 0. The number of ketones is 1. The fraction of sp³-hybridized carbons (Fsp3) is 0.786. The molecule has 0 aromatic heterocycles. The molecule has 98 valence electrons. The Morgan fingerprint density at radius 1 is 1.29 bits per heavy atom. The highest BCUT2D eigenvalue weighted by molar-refractivity contribution is 5.97. The van der Waals surface area contributed by atoms with Crippen LogP contribution in [0.4, 0.5) is 0 Å². The van der Waals surface area contributed by atoms with E-state index in [4.69, 9.17) is 4.74 Å². The minimum absolute atomic E-state index is 0.114. The highest BCUT2D eigenvalue weighted by Gasteiger charge is 2.34. The van der Waals surface area contributed by atoms with Crippen molar-refractivity contribution >= 4 is 11.8 Å². The van der Waals surface area contributed by atoms with E-state index in [2.05, 4.69) is 20.8 Å². The van der Waals surface area contributed by atoms with Crippen molar-refractivity contribution in [1.82, 2.24) is 0 Å². The topological polar surface area (TPSA) is 43.4 Å². The molecule has 0 heterocycles. The highest BCUT2D eigenvalue weighted by atomic mass is 16.5. The van der Waals surface area contributed by atoms with E-state index < -0.39 is 11.9 Å². The van der Waals surface area contributed by atoms with E-state index in [0.717, 1.165) is 6.42 Å². The molecule has 1 unspecified atom stereocenters. The Labute approximate surface area is 105 Å². The average Bonchev–Trinajstić information content (AvgIpc) is 2.11. The van der Waals surface area contributed by atoms with E-state index in [1.165, 1.54) is 12.8 Å². The maximum Gasteiger partial charge on any atom is 0.320 e. The molecule has 0 fully saturated rings. The molecule has 0 N–H and O–H groups in total. The number of carbonyl (C=O) groups is 2. The zero-order valence-electron chi connectivity index (χ0n) is 11.9. The number of hydrogen-bond donors (Lipinski definition) is 0. The molecule has 3 nitrogen and oxygen atoms in total. The second kappa shape index (κ2) is 6.67. The maximum absolute atomic E-state index is 11.6. The van der Waals surface area contributed by atoms with Crippen molar-refractivity contribution in [3.8, 4) is 0 Å². The zero-order valence-corrected chi connectivity index (χ0v) is 11.9. The van der Waals surface area contributed by atoms with Crippen LogP contribution in [0.1, 0.15) is 54.4 Å². The van der Waals surface area contributed by atoms with Crippen molar-refractivity contribution in [1.29, 1.82) is 0 Å². The Morgan fingerprint density at radius 2 is 1.82 bits per heavy atom. The second-order valence-corrected chi connectivity index (χ2v) is 5.81. The van der Waals surface area contributed by atoms with Crippen LogP contribution >= 0.6 is 0 Å². The van der Waals surface area contributed by atoms with E-state index in [1.807, 2.05) is 6.92 Å². The molecule has 17 heavy (non-hydrogen) atoms. The van der Waals surface area contributed by atoms with Gasteiger partial charge >= 0.3 is 5.97 Å². The van der Waals surface area contributed by atoms with Gasteiger partial charge in [-0.05, 0) is 13.8 Å². The Kier molecular flexibility index (Phi) is 6.29. The molecule has 0 aliphatic rings. The lowest BCUT2D eigenvalue weighted by molar-refractivity contribution is -0.151. The van der Waals surface area contributed by atoms with Gasteiger partial charge < -0.3 is 4.74 Å². The third-order valence-corrected chi connectivity index (χ3v) is 2.45. The molecule has 0 aromatic rings. The molecule has 0 aliphatic heterocycles. The molecule has 0 rings (SSSR count). The number of esters is 1. The third-order valence-electron chi connectivity index (χ3n) is 2.45. The van der Waals surface area contributed by atoms with E-state index >= 15 is 0 Å². The summed E-state index contributed by atoms with van der Waals surface area (Å²) in [4.78, 5) is 23.1. The Hall–Kier alpha value is -0.990. The highest BCUT2D eigenvalue weighted by Crippen LogP contribution is 2.30. The molecule has 0 saturated carbocycles. The Balaban J connectivity index is 4.45. The second-order valence-electron chi connectivity index (χ2n) is 5.81. The smallest absolute Gasteiger partial charge is 0.320 e. The molecule has 0 saturated heterocycles. The lowest BCUT2D eigenvalue weighted by Crippen LogP contribution is -2.26.